The highest BCUT2D eigenvalue weighted by Crippen LogP contribution is 2.21. The van der Waals surface area contributed by atoms with Crippen LogP contribution in [0.25, 0.3) is 0 Å². The van der Waals surface area contributed by atoms with E-state index in [1.807, 2.05) is 0 Å². The quantitative estimate of drug-likeness (QED) is 0.742. The fraction of sp³-hybridized carbons (Fsp3) is 0.909. The van der Waals surface area contributed by atoms with Gasteiger partial charge in [0.2, 0.25) is 5.91 Å². The second kappa shape index (κ2) is 5.71. The molecule has 0 saturated carbocycles. The molecule has 2 aliphatic heterocycles. The average molecular weight is 233 g/mol. The van der Waals surface area contributed by atoms with E-state index < -0.39 is 0 Å². The lowest BCUT2D eigenvalue weighted by Gasteiger charge is -2.29. The Morgan fingerprint density at radius 3 is 2.67 bits per heavy atom. The molecule has 88 valence electrons. The van der Waals surface area contributed by atoms with Crippen molar-refractivity contribution in [2.75, 3.05) is 19.6 Å². The van der Waals surface area contributed by atoms with Crippen LogP contribution in [0, 0.1) is 5.92 Å². The van der Waals surface area contributed by atoms with Crippen LogP contribution in [0.5, 0.6) is 0 Å². The van der Waals surface area contributed by atoms with Crippen LogP contribution in [0.1, 0.15) is 32.6 Å². The lowest BCUT2D eigenvalue weighted by molar-refractivity contribution is -0.136. The zero-order chi connectivity index (χ0) is 9.97. The summed E-state index contributed by atoms with van der Waals surface area (Å²) in [4.78, 5) is 14.2. The van der Waals surface area contributed by atoms with E-state index >= 15 is 0 Å². The van der Waals surface area contributed by atoms with Crippen LogP contribution in [0.4, 0.5) is 0 Å². The van der Waals surface area contributed by atoms with Gasteiger partial charge in [-0.3, -0.25) is 4.79 Å². The third kappa shape index (κ3) is 2.85. The fourth-order valence-corrected chi connectivity index (χ4v) is 2.56. The molecule has 2 saturated heterocycles. The van der Waals surface area contributed by atoms with Crippen LogP contribution >= 0.6 is 12.4 Å². The number of carbonyl (C=O) groups is 1. The van der Waals surface area contributed by atoms with E-state index in [0.717, 1.165) is 32.5 Å². The Morgan fingerprint density at radius 2 is 2.13 bits per heavy atom. The summed E-state index contributed by atoms with van der Waals surface area (Å²) < 4.78 is 0. The number of hydrogen-bond acceptors (Lipinski definition) is 2. The summed E-state index contributed by atoms with van der Waals surface area (Å²) in [5, 5.41) is 3.31. The van der Waals surface area contributed by atoms with Crippen molar-refractivity contribution >= 4 is 18.3 Å². The van der Waals surface area contributed by atoms with E-state index in [2.05, 4.69) is 17.1 Å². The van der Waals surface area contributed by atoms with Crippen molar-refractivity contribution in [3.05, 3.63) is 0 Å². The van der Waals surface area contributed by atoms with Crippen molar-refractivity contribution in [2.45, 2.75) is 38.6 Å². The van der Waals surface area contributed by atoms with Gasteiger partial charge in [-0.25, -0.2) is 0 Å². The van der Waals surface area contributed by atoms with Crippen LogP contribution in [-0.2, 0) is 4.79 Å². The molecule has 2 aliphatic rings. The third-order valence-electron chi connectivity index (χ3n) is 3.48. The van der Waals surface area contributed by atoms with Gasteiger partial charge < -0.3 is 10.2 Å². The number of halogens is 1. The number of nitrogens with one attached hydrogen (secondary N) is 1. The standard InChI is InChI=1S/C11H20N2O.ClH/c1-9-4-3-7-13(9)11(14)10-5-2-6-12-8-10;/h9-10,12H,2-8H2,1H3;1H. The minimum absolute atomic E-state index is 0. The Labute approximate surface area is 98.0 Å². The van der Waals surface area contributed by atoms with Crippen molar-refractivity contribution in [1.29, 1.82) is 0 Å². The summed E-state index contributed by atoms with van der Waals surface area (Å²) in [6, 6.07) is 0.476. The predicted molar refractivity (Wildman–Crippen MR) is 63.3 cm³/mol. The molecule has 2 fully saturated rings. The highest BCUT2D eigenvalue weighted by Gasteiger charge is 2.31. The highest BCUT2D eigenvalue weighted by molar-refractivity contribution is 5.85. The van der Waals surface area contributed by atoms with Crippen LogP contribution < -0.4 is 5.32 Å². The molecule has 3 nitrogen and oxygen atoms in total. The second-order valence-corrected chi connectivity index (χ2v) is 4.57. The number of likely N-dealkylation sites (tertiary alicyclic amines) is 1. The molecular weight excluding hydrogens is 212 g/mol. The summed E-state index contributed by atoms with van der Waals surface area (Å²) in [6.07, 6.45) is 4.60. The van der Waals surface area contributed by atoms with E-state index in [9.17, 15) is 4.79 Å². The third-order valence-corrected chi connectivity index (χ3v) is 3.48. The van der Waals surface area contributed by atoms with Crippen LogP contribution in [0.15, 0.2) is 0 Å². The molecule has 2 unspecified atom stereocenters. The Hall–Kier alpha value is -0.280. The fourth-order valence-electron chi connectivity index (χ4n) is 2.56. The van der Waals surface area contributed by atoms with Gasteiger partial charge >= 0.3 is 0 Å². The lowest BCUT2D eigenvalue weighted by atomic mass is 9.98. The van der Waals surface area contributed by atoms with E-state index in [1.165, 1.54) is 12.8 Å². The monoisotopic (exact) mass is 232 g/mol. The van der Waals surface area contributed by atoms with Crippen molar-refractivity contribution < 1.29 is 4.79 Å². The van der Waals surface area contributed by atoms with Crippen LogP contribution in [-0.4, -0.2) is 36.5 Å². The van der Waals surface area contributed by atoms with E-state index in [0.29, 0.717) is 11.9 Å². The van der Waals surface area contributed by atoms with E-state index in [1.54, 1.807) is 0 Å². The molecule has 0 spiro atoms. The first-order valence-corrected chi connectivity index (χ1v) is 5.80. The molecular formula is C11H21ClN2O. The molecule has 0 bridgehead atoms. The van der Waals surface area contributed by atoms with Gasteiger partial charge in [-0.2, -0.15) is 0 Å². The first-order chi connectivity index (χ1) is 6.79. The molecule has 2 atom stereocenters. The highest BCUT2D eigenvalue weighted by atomic mass is 35.5. The molecule has 0 aliphatic carbocycles. The summed E-state index contributed by atoms with van der Waals surface area (Å²) in [7, 11) is 0. The van der Waals surface area contributed by atoms with Crippen LogP contribution in [0.2, 0.25) is 0 Å². The molecule has 4 heteroatoms. The maximum Gasteiger partial charge on any atom is 0.227 e. The number of nitrogens with zero attached hydrogens (tertiary/aromatic N) is 1. The van der Waals surface area contributed by atoms with Crippen molar-refractivity contribution in [1.82, 2.24) is 10.2 Å². The first-order valence-electron chi connectivity index (χ1n) is 5.80. The maximum absolute atomic E-state index is 12.1. The molecule has 15 heavy (non-hydrogen) atoms. The minimum Gasteiger partial charge on any atom is -0.340 e. The van der Waals surface area contributed by atoms with Gasteiger partial charge in [-0.05, 0) is 39.2 Å². The van der Waals surface area contributed by atoms with Gasteiger partial charge in [0.05, 0.1) is 5.92 Å². The molecule has 2 heterocycles. The molecule has 0 aromatic rings. The van der Waals surface area contributed by atoms with Crippen molar-refractivity contribution in [3.63, 3.8) is 0 Å². The maximum atomic E-state index is 12.1. The van der Waals surface area contributed by atoms with Gasteiger partial charge in [0.15, 0.2) is 0 Å². The number of hydrogen-bond donors (Lipinski definition) is 1. The summed E-state index contributed by atoms with van der Waals surface area (Å²) in [5.74, 6) is 0.645. The summed E-state index contributed by atoms with van der Waals surface area (Å²) >= 11 is 0. The molecule has 0 aromatic carbocycles. The minimum atomic E-state index is 0. The van der Waals surface area contributed by atoms with E-state index in [4.69, 9.17) is 0 Å². The van der Waals surface area contributed by atoms with Gasteiger partial charge in [0.1, 0.15) is 0 Å². The molecule has 0 aromatic heterocycles. The SMILES string of the molecule is CC1CCCN1C(=O)C1CCCNC1.Cl. The van der Waals surface area contributed by atoms with Gasteiger partial charge in [0, 0.05) is 19.1 Å². The van der Waals surface area contributed by atoms with Gasteiger partial charge in [0.25, 0.3) is 0 Å². The smallest absolute Gasteiger partial charge is 0.227 e. The molecule has 1 N–H and O–H groups in total. The number of carbonyl (C=O) groups excluding carboxylic acids is 1. The second-order valence-electron chi connectivity index (χ2n) is 4.57. The molecule has 0 radical (unpaired) electrons. The van der Waals surface area contributed by atoms with Gasteiger partial charge in [-0.1, -0.05) is 0 Å². The average Bonchev–Trinajstić information content (AvgIpc) is 2.65. The predicted octanol–water partition coefficient (Wildman–Crippen LogP) is 1.42. The Kier molecular flexibility index (Phi) is 4.87. The van der Waals surface area contributed by atoms with E-state index in [-0.39, 0.29) is 18.3 Å². The summed E-state index contributed by atoms with van der Waals surface area (Å²) in [5.41, 5.74) is 0. The Morgan fingerprint density at radius 1 is 1.33 bits per heavy atom. The number of piperidine rings is 1. The normalized spacial score (nSPS) is 31.1. The first kappa shape index (κ1) is 12.8. The van der Waals surface area contributed by atoms with Crippen molar-refractivity contribution in [2.24, 2.45) is 5.92 Å². The molecule has 2 rings (SSSR count). The van der Waals surface area contributed by atoms with Crippen LogP contribution in [0.3, 0.4) is 0 Å². The number of amides is 1. The van der Waals surface area contributed by atoms with Crippen molar-refractivity contribution in [3.8, 4) is 0 Å². The topological polar surface area (TPSA) is 32.3 Å². The largest absolute Gasteiger partial charge is 0.340 e. The Bertz CT molecular complexity index is 217. The number of rotatable bonds is 1. The van der Waals surface area contributed by atoms with Gasteiger partial charge in [-0.15, -0.1) is 12.4 Å². The Balaban J connectivity index is 0.00000112. The zero-order valence-electron chi connectivity index (χ0n) is 9.37. The zero-order valence-corrected chi connectivity index (χ0v) is 10.2. The lowest BCUT2D eigenvalue weighted by Crippen LogP contribution is -2.44. The molecule has 1 amide bonds. The summed E-state index contributed by atoms with van der Waals surface area (Å²) in [6.45, 7) is 5.12.